The lowest BCUT2D eigenvalue weighted by molar-refractivity contribution is 0.355. The van der Waals surface area contributed by atoms with Crippen molar-refractivity contribution in [2.75, 3.05) is 25.6 Å². The third-order valence-corrected chi connectivity index (χ3v) is 6.86. The summed E-state index contributed by atoms with van der Waals surface area (Å²) in [5, 5.41) is 0. The van der Waals surface area contributed by atoms with E-state index in [9.17, 15) is 8.42 Å². The number of ether oxygens (including phenoxy) is 3. The number of rotatable bonds is 8. The van der Waals surface area contributed by atoms with Gasteiger partial charge >= 0.3 is 0 Å². The smallest absolute Gasteiger partial charge is 0.264 e. The second kappa shape index (κ2) is 9.40. The lowest BCUT2D eigenvalue weighted by atomic mass is 10.2. The van der Waals surface area contributed by atoms with E-state index in [1.165, 1.54) is 37.8 Å². The first-order chi connectivity index (χ1) is 14.4. The Morgan fingerprint density at radius 3 is 2.00 bits per heavy atom. The third kappa shape index (κ3) is 4.71. The Morgan fingerprint density at radius 1 is 0.800 bits per heavy atom. The quantitative estimate of drug-likeness (QED) is 0.449. The fraction of sp³-hybridized carbons (Fsp3) is 0.182. The van der Waals surface area contributed by atoms with E-state index < -0.39 is 10.0 Å². The van der Waals surface area contributed by atoms with E-state index in [-0.39, 0.29) is 11.4 Å². The standard InChI is InChI=1S/C22H22BrNO5S/c1-27-19-9-11-20(12-10-19)30(25,26)24(15-16-4-6-17(23)7-5-16)18-8-13-21(28-2)22(14-18)29-3/h4-14H,15H2,1-3H3. The third-order valence-electron chi connectivity index (χ3n) is 4.54. The minimum absolute atomic E-state index is 0.150. The van der Waals surface area contributed by atoms with Gasteiger partial charge in [0.2, 0.25) is 0 Å². The molecule has 30 heavy (non-hydrogen) atoms. The number of hydrogen-bond acceptors (Lipinski definition) is 5. The Kier molecular flexibility index (Phi) is 6.89. The molecule has 0 saturated carbocycles. The number of methoxy groups -OCH3 is 3. The van der Waals surface area contributed by atoms with Gasteiger partial charge in [-0.25, -0.2) is 8.42 Å². The van der Waals surface area contributed by atoms with Gasteiger partial charge in [0, 0.05) is 10.5 Å². The van der Waals surface area contributed by atoms with E-state index in [0.717, 1.165) is 10.0 Å². The highest BCUT2D eigenvalue weighted by Crippen LogP contribution is 2.35. The van der Waals surface area contributed by atoms with Crippen LogP contribution in [-0.2, 0) is 16.6 Å². The number of nitrogens with zero attached hydrogens (tertiary/aromatic N) is 1. The summed E-state index contributed by atoms with van der Waals surface area (Å²) in [7, 11) is 0.718. The van der Waals surface area contributed by atoms with Crippen LogP contribution in [0.3, 0.4) is 0 Å². The highest BCUT2D eigenvalue weighted by molar-refractivity contribution is 9.10. The first kappa shape index (κ1) is 22.0. The second-order valence-corrected chi connectivity index (χ2v) is 9.13. The molecule has 0 unspecified atom stereocenters. The molecule has 0 atom stereocenters. The monoisotopic (exact) mass is 491 g/mol. The Balaban J connectivity index is 2.09. The molecule has 0 radical (unpaired) electrons. The predicted octanol–water partition coefficient (Wildman–Crippen LogP) is 4.87. The zero-order valence-electron chi connectivity index (χ0n) is 16.8. The van der Waals surface area contributed by atoms with Gasteiger partial charge < -0.3 is 14.2 Å². The van der Waals surface area contributed by atoms with Crippen molar-refractivity contribution in [2.24, 2.45) is 0 Å². The van der Waals surface area contributed by atoms with Crippen LogP contribution in [0.5, 0.6) is 17.2 Å². The molecule has 158 valence electrons. The molecule has 3 aromatic rings. The van der Waals surface area contributed by atoms with Crippen LogP contribution in [0, 0.1) is 0 Å². The number of hydrogen-bond donors (Lipinski definition) is 0. The average molecular weight is 492 g/mol. The number of halogens is 1. The van der Waals surface area contributed by atoms with Gasteiger partial charge in [-0.05, 0) is 54.1 Å². The van der Waals surface area contributed by atoms with Crippen molar-refractivity contribution in [3.63, 3.8) is 0 Å². The maximum Gasteiger partial charge on any atom is 0.264 e. The molecule has 0 aromatic heterocycles. The van der Waals surface area contributed by atoms with Gasteiger partial charge in [0.25, 0.3) is 10.0 Å². The molecule has 0 aliphatic heterocycles. The van der Waals surface area contributed by atoms with Gasteiger partial charge in [-0.2, -0.15) is 0 Å². The molecule has 3 rings (SSSR count). The maximum absolute atomic E-state index is 13.6. The predicted molar refractivity (Wildman–Crippen MR) is 120 cm³/mol. The SMILES string of the molecule is COc1ccc(S(=O)(=O)N(Cc2ccc(Br)cc2)c2ccc(OC)c(OC)c2)cc1. The Hall–Kier alpha value is -2.71. The molecule has 0 N–H and O–H groups in total. The van der Waals surface area contributed by atoms with Crippen LogP contribution in [0.15, 0.2) is 76.1 Å². The van der Waals surface area contributed by atoms with Crippen LogP contribution < -0.4 is 18.5 Å². The summed E-state index contributed by atoms with van der Waals surface area (Å²) in [6, 6.07) is 18.9. The van der Waals surface area contributed by atoms with Gasteiger partial charge in [-0.15, -0.1) is 0 Å². The van der Waals surface area contributed by atoms with Crippen molar-refractivity contribution in [1.29, 1.82) is 0 Å². The molecule has 0 amide bonds. The van der Waals surface area contributed by atoms with E-state index in [1.807, 2.05) is 24.3 Å². The molecule has 0 aliphatic carbocycles. The summed E-state index contributed by atoms with van der Waals surface area (Å²) in [4.78, 5) is 0.162. The highest BCUT2D eigenvalue weighted by Gasteiger charge is 2.26. The summed E-state index contributed by atoms with van der Waals surface area (Å²) in [6.07, 6.45) is 0. The number of anilines is 1. The highest BCUT2D eigenvalue weighted by atomic mass is 79.9. The molecule has 0 heterocycles. The fourth-order valence-corrected chi connectivity index (χ4v) is 4.63. The van der Waals surface area contributed by atoms with E-state index >= 15 is 0 Å². The normalized spacial score (nSPS) is 11.1. The van der Waals surface area contributed by atoms with E-state index in [2.05, 4.69) is 15.9 Å². The van der Waals surface area contributed by atoms with Gasteiger partial charge in [0.1, 0.15) is 5.75 Å². The molecular formula is C22H22BrNO5S. The first-order valence-corrected chi connectivity index (χ1v) is 11.3. The van der Waals surface area contributed by atoms with Crippen LogP contribution in [0.4, 0.5) is 5.69 Å². The lowest BCUT2D eigenvalue weighted by Crippen LogP contribution is -2.30. The van der Waals surface area contributed by atoms with E-state index in [1.54, 1.807) is 30.3 Å². The molecular weight excluding hydrogens is 470 g/mol. The molecule has 0 aliphatic rings. The van der Waals surface area contributed by atoms with Gasteiger partial charge in [0.15, 0.2) is 11.5 Å². The second-order valence-electron chi connectivity index (χ2n) is 6.35. The zero-order chi connectivity index (χ0) is 21.7. The van der Waals surface area contributed by atoms with Crippen molar-refractivity contribution in [2.45, 2.75) is 11.4 Å². The fourth-order valence-electron chi connectivity index (χ4n) is 2.93. The van der Waals surface area contributed by atoms with Crippen LogP contribution in [0.1, 0.15) is 5.56 Å². The van der Waals surface area contributed by atoms with Crippen LogP contribution in [-0.4, -0.2) is 29.7 Å². The van der Waals surface area contributed by atoms with Crippen molar-refractivity contribution in [3.8, 4) is 17.2 Å². The molecule has 0 fully saturated rings. The zero-order valence-corrected chi connectivity index (χ0v) is 19.2. The molecule has 0 saturated heterocycles. The van der Waals surface area contributed by atoms with Gasteiger partial charge in [-0.3, -0.25) is 4.31 Å². The molecule has 0 spiro atoms. The Morgan fingerprint density at radius 2 is 1.43 bits per heavy atom. The summed E-state index contributed by atoms with van der Waals surface area (Å²) >= 11 is 3.41. The number of sulfonamides is 1. The Labute approximate surface area is 185 Å². The van der Waals surface area contributed by atoms with Crippen LogP contribution in [0.2, 0.25) is 0 Å². The largest absolute Gasteiger partial charge is 0.497 e. The Bertz CT molecular complexity index is 1100. The van der Waals surface area contributed by atoms with Gasteiger partial charge in [0.05, 0.1) is 38.5 Å². The molecule has 6 nitrogen and oxygen atoms in total. The van der Waals surface area contributed by atoms with Crippen molar-refractivity contribution < 1.29 is 22.6 Å². The van der Waals surface area contributed by atoms with Crippen molar-refractivity contribution in [3.05, 3.63) is 76.8 Å². The summed E-state index contributed by atoms with van der Waals surface area (Å²) in [5.41, 5.74) is 1.30. The van der Waals surface area contributed by atoms with E-state index in [4.69, 9.17) is 14.2 Å². The topological polar surface area (TPSA) is 65.1 Å². The molecule has 0 bridgehead atoms. The minimum Gasteiger partial charge on any atom is -0.497 e. The number of benzene rings is 3. The summed E-state index contributed by atoms with van der Waals surface area (Å²) in [5.74, 6) is 1.55. The summed E-state index contributed by atoms with van der Waals surface area (Å²) in [6.45, 7) is 0.150. The van der Waals surface area contributed by atoms with Gasteiger partial charge in [-0.1, -0.05) is 28.1 Å². The maximum atomic E-state index is 13.6. The van der Waals surface area contributed by atoms with Crippen LogP contribution >= 0.6 is 15.9 Å². The van der Waals surface area contributed by atoms with Crippen molar-refractivity contribution in [1.82, 2.24) is 0 Å². The molecule has 3 aromatic carbocycles. The first-order valence-electron chi connectivity index (χ1n) is 9.02. The van der Waals surface area contributed by atoms with E-state index in [0.29, 0.717) is 22.9 Å². The molecule has 8 heteroatoms. The minimum atomic E-state index is -3.86. The van der Waals surface area contributed by atoms with Crippen LogP contribution in [0.25, 0.3) is 0 Å². The lowest BCUT2D eigenvalue weighted by Gasteiger charge is -2.25. The average Bonchev–Trinajstić information content (AvgIpc) is 2.78. The van der Waals surface area contributed by atoms with Crippen molar-refractivity contribution >= 4 is 31.6 Å². The summed E-state index contributed by atoms with van der Waals surface area (Å²) < 4.78 is 45.2.